The molecule has 0 spiro atoms. The number of nitrogens with one attached hydrogen (secondary N) is 1. The Hall–Kier alpha value is -2.86. The summed E-state index contributed by atoms with van der Waals surface area (Å²) < 4.78 is 0. The van der Waals surface area contributed by atoms with Gasteiger partial charge in [0.25, 0.3) is 11.8 Å². The largest absolute Gasteiger partial charge is 0.346 e. The van der Waals surface area contributed by atoms with Crippen molar-refractivity contribution in [3.05, 3.63) is 64.7 Å². The number of amides is 3. The Labute approximate surface area is 174 Å². The van der Waals surface area contributed by atoms with Crippen molar-refractivity contribution in [1.29, 1.82) is 0 Å². The Morgan fingerprint density at radius 3 is 2.69 bits per heavy atom. The number of hydrogen-bond acceptors (Lipinski definition) is 3. The molecule has 2 aliphatic heterocycles. The quantitative estimate of drug-likeness (QED) is 0.836. The molecule has 2 aromatic rings. The first-order valence-corrected chi connectivity index (χ1v) is 10.1. The van der Waals surface area contributed by atoms with Gasteiger partial charge in [-0.05, 0) is 43.7 Å². The Kier molecular flexibility index (Phi) is 4.82. The Bertz CT molecular complexity index is 1010. The maximum absolute atomic E-state index is 13.6. The maximum atomic E-state index is 13.6. The van der Waals surface area contributed by atoms with E-state index in [2.05, 4.69) is 5.32 Å². The molecule has 1 saturated heterocycles. The van der Waals surface area contributed by atoms with E-state index in [0.29, 0.717) is 22.8 Å². The molecule has 0 saturated carbocycles. The SMILES string of the molecule is CCN1C(=O)c2ccccc2N2C(=O)CC[C@]12C(=O)N[C@H](C)c1cccc(Cl)c1. The van der Waals surface area contributed by atoms with Gasteiger partial charge in [0, 0.05) is 24.4 Å². The molecular formula is C22H22ClN3O3. The molecule has 2 aromatic carbocycles. The van der Waals surface area contributed by atoms with Gasteiger partial charge in [-0.2, -0.15) is 0 Å². The van der Waals surface area contributed by atoms with E-state index < -0.39 is 5.66 Å². The second-order valence-corrected chi connectivity index (χ2v) is 7.80. The topological polar surface area (TPSA) is 69.7 Å². The van der Waals surface area contributed by atoms with E-state index in [4.69, 9.17) is 11.6 Å². The predicted molar refractivity (Wildman–Crippen MR) is 111 cm³/mol. The lowest BCUT2D eigenvalue weighted by Gasteiger charge is -2.49. The minimum absolute atomic E-state index is 0.158. The van der Waals surface area contributed by atoms with E-state index in [1.54, 1.807) is 36.4 Å². The second kappa shape index (κ2) is 7.19. The lowest BCUT2D eigenvalue weighted by molar-refractivity contribution is -0.134. The number of rotatable bonds is 4. The number of para-hydroxylation sites is 1. The molecule has 29 heavy (non-hydrogen) atoms. The van der Waals surface area contributed by atoms with Gasteiger partial charge in [-0.15, -0.1) is 0 Å². The summed E-state index contributed by atoms with van der Waals surface area (Å²) in [5, 5.41) is 3.59. The lowest BCUT2D eigenvalue weighted by atomic mass is 9.95. The van der Waals surface area contributed by atoms with Crippen molar-refractivity contribution in [1.82, 2.24) is 10.2 Å². The van der Waals surface area contributed by atoms with Crippen LogP contribution in [0.3, 0.4) is 0 Å². The number of fused-ring (bicyclic) bond motifs is 3. The summed E-state index contributed by atoms with van der Waals surface area (Å²) in [6, 6.07) is 13.9. The molecular weight excluding hydrogens is 390 g/mol. The number of halogens is 1. The van der Waals surface area contributed by atoms with E-state index in [-0.39, 0.29) is 36.6 Å². The van der Waals surface area contributed by atoms with Crippen molar-refractivity contribution in [3.63, 3.8) is 0 Å². The Balaban J connectivity index is 1.76. The van der Waals surface area contributed by atoms with Crippen LogP contribution >= 0.6 is 11.6 Å². The van der Waals surface area contributed by atoms with Crippen LogP contribution in [0.4, 0.5) is 5.69 Å². The number of hydrogen-bond donors (Lipinski definition) is 1. The van der Waals surface area contributed by atoms with Crippen LogP contribution in [0.15, 0.2) is 48.5 Å². The fourth-order valence-electron chi connectivity index (χ4n) is 4.38. The molecule has 1 fully saturated rings. The first-order chi connectivity index (χ1) is 13.9. The van der Waals surface area contributed by atoms with Gasteiger partial charge in [-0.1, -0.05) is 35.9 Å². The monoisotopic (exact) mass is 411 g/mol. The highest BCUT2D eigenvalue weighted by atomic mass is 35.5. The van der Waals surface area contributed by atoms with Crippen molar-refractivity contribution < 1.29 is 14.4 Å². The van der Waals surface area contributed by atoms with Crippen LogP contribution < -0.4 is 10.2 Å². The maximum Gasteiger partial charge on any atom is 0.267 e. The number of benzene rings is 2. The summed E-state index contributed by atoms with van der Waals surface area (Å²) in [6.45, 7) is 3.99. The molecule has 0 radical (unpaired) electrons. The first kappa shape index (κ1) is 19.5. The fraction of sp³-hybridized carbons (Fsp3) is 0.318. The van der Waals surface area contributed by atoms with E-state index >= 15 is 0 Å². The van der Waals surface area contributed by atoms with Crippen LogP contribution in [0.25, 0.3) is 0 Å². The number of anilines is 1. The molecule has 6 nitrogen and oxygen atoms in total. The zero-order valence-electron chi connectivity index (χ0n) is 16.3. The van der Waals surface area contributed by atoms with Crippen LogP contribution in [0.1, 0.15) is 48.7 Å². The first-order valence-electron chi connectivity index (χ1n) is 9.70. The second-order valence-electron chi connectivity index (χ2n) is 7.36. The Morgan fingerprint density at radius 2 is 1.97 bits per heavy atom. The minimum atomic E-state index is -1.36. The van der Waals surface area contributed by atoms with E-state index in [0.717, 1.165) is 5.56 Å². The number of carbonyl (C=O) groups is 3. The normalized spacial score (nSPS) is 21.6. The van der Waals surface area contributed by atoms with Gasteiger partial charge in [-0.3, -0.25) is 19.3 Å². The molecule has 2 aliphatic rings. The van der Waals surface area contributed by atoms with Crippen molar-refractivity contribution in [2.24, 2.45) is 0 Å². The highest BCUT2D eigenvalue weighted by Crippen LogP contribution is 2.44. The summed E-state index contributed by atoms with van der Waals surface area (Å²) in [4.78, 5) is 42.7. The van der Waals surface area contributed by atoms with Gasteiger partial charge in [0.2, 0.25) is 11.6 Å². The van der Waals surface area contributed by atoms with Crippen molar-refractivity contribution >= 4 is 35.0 Å². The molecule has 2 atom stereocenters. The van der Waals surface area contributed by atoms with Gasteiger partial charge in [-0.25, -0.2) is 0 Å². The lowest BCUT2D eigenvalue weighted by Crippen LogP contribution is -2.70. The van der Waals surface area contributed by atoms with Crippen molar-refractivity contribution in [2.75, 3.05) is 11.4 Å². The predicted octanol–water partition coefficient (Wildman–Crippen LogP) is 3.52. The number of carbonyl (C=O) groups excluding carboxylic acids is 3. The van der Waals surface area contributed by atoms with Crippen LogP contribution in [0.5, 0.6) is 0 Å². The number of nitrogens with zero attached hydrogens (tertiary/aromatic N) is 2. The average Bonchev–Trinajstić information content (AvgIpc) is 3.07. The molecule has 2 heterocycles. The van der Waals surface area contributed by atoms with Crippen LogP contribution in [0.2, 0.25) is 5.02 Å². The molecule has 0 aromatic heterocycles. The van der Waals surface area contributed by atoms with E-state index in [1.165, 1.54) is 9.80 Å². The zero-order chi connectivity index (χ0) is 20.8. The highest BCUT2D eigenvalue weighted by Gasteiger charge is 2.60. The van der Waals surface area contributed by atoms with Crippen molar-refractivity contribution in [2.45, 2.75) is 38.4 Å². The molecule has 4 rings (SSSR count). The molecule has 3 amide bonds. The third-order valence-corrected chi connectivity index (χ3v) is 5.99. The fourth-order valence-corrected chi connectivity index (χ4v) is 4.58. The van der Waals surface area contributed by atoms with E-state index in [9.17, 15) is 14.4 Å². The third-order valence-electron chi connectivity index (χ3n) is 5.75. The molecule has 0 unspecified atom stereocenters. The van der Waals surface area contributed by atoms with Gasteiger partial charge in [0.05, 0.1) is 17.3 Å². The van der Waals surface area contributed by atoms with Gasteiger partial charge < -0.3 is 10.2 Å². The summed E-state index contributed by atoms with van der Waals surface area (Å²) in [5.41, 5.74) is 0.430. The molecule has 0 aliphatic carbocycles. The highest BCUT2D eigenvalue weighted by molar-refractivity contribution is 6.30. The smallest absolute Gasteiger partial charge is 0.267 e. The standard InChI is InChI=1S/C22H22ClN3O3/c1-3-25-20(28)17-9-4-5-10-18(17)26-19(27)11-12-22(25,26)21(29)24-14(2)15-7-6-8-16(23)13-15/h4-10,13-14H,3,11-12H2,1-2H3,(H,24,29)/t14-,22+/m1/s1. The minimum Gasteiger partial charge on any atom is -0.346 e. The van der Waals surface area contributed by atoms with Gasteiger partial charge in [0.1, 0.15) is 0 Å². The van der Waals surface area contributed by atoms with Crippen molar-refractivity contribution in [3.8, 4) is 0 Å². The van der Waals surface area contributed by atoms with Gasteiger partial charge >= 0.3 is 0 Å². The molecule has 150 valence electrons. The average molecular weight is 412 g/mol. The van der Waals surface area contributed by atoms with E-state index in [1.807, 2.05) is 26.0 Å². The molecule has 1 N–H and O–H groups in total. The summed E-state index contributed by atoms with van der Waals surface area (Å²) in [6.07, 6.45) is 0.463. The zero-order valence-corrected chi connectivity index (χ0v) is 17.1. The summed E-state index contributed by atoms with van der Waals surface area (Å²) >= 11 is 6.08. The molecule has 0 bridgehead atoms. The summed E-state index contributed by atoms with van der Waals surface area (Å²) in [5.74, 6) is -0.755. The third kappa shape index (κ3) is 2.90. The van der Waals surface area contributed by atoms with Gasteiger partial charge in [0.15, 0.2) is 0 Å². The molecule has 7 heteroatoms. The summed E-state index contributed by atoms with van der Waals surface area (Å²) in [7, 11) is 0. The van der Waals surface area contributed by atoms with Crippen LogP contribution in [-0.2, 0) is 9.59 Å². The van der Waals surface area contributed by atoms with Crippen LogP contribution in [-0.4, -0.2) is 34.8 Å². The van der Waals surface area contributed by atoms with Crippen LogP contribution in [0, 0.1) is 0 Å². The number of likely N-dealkylation sites (N-methyl/N-ethyl adjacent to an activating group) is 1. The Morgan fingerprint density at radius 1 is 1.21 bits per heavy atom.